The molecule has 2 unspecified atom stereocenters. The Bertz CT molecular complexity index is 284. The van der Waals surface area contributed by atoms with E-state index < -0.39 is 0 Å². The highest BCUT2D eigenvalue weighted by Crippen LogP contribution is 2.30. The number of thioether (sulfide) groups is 1. The van der Waals surface area contributed by atoms with Gasteiger partial charge in [-0.1, -0.05) is 0 Å². The van der Waals surface area contributed by atoms with Crippen molar-refractivity contribution in [2.24, 2.45) is 7.05 Å². The van der Waals surface area contributed by atoms with E-state index in [0.717, 1.165) is 0 Å². The first kappa shape index (κ1) is 9.09. The molecule has 1 fully saturated rings. The maximum atomic E-state index is 4.18. The van der Waals surface area contributed by atoms with Gasteiger partial charge in [-0.25, -0.2) is 0 Å². The number of aromatic nitrogens is 2. The molecule has 3 nitrogen and oxygen atoms in total. The zero-order chi connectivity index (χ0) is 9.26. The summed E-state index contributed by atoms with van der Waals surface area (Å²) in [6.07, 6.45) is 3.12. The SMILES string of the molecule is CC1CCSC(c2ccnn2C)N1. The molecule has 13 heavy (non-hydrogen) atoms. The third-order valence-electron chi connectivity index (χ3n) is 2.40. The number of nitrogens with one attached hydrogen (secondary N) is 1. The van der Waals surface area contributed by atoms with E-state index in [1.54, 1.807) is 0 Å². The molecule has 4 heteroatoms. The molecule has 0 saturated carbocycles. The van der Waals surface area contributed by atoms with Crippen molar-refractivity contribution in [1.29, 1.82) is 0 Å². The minimum atomic E-state index is 0.427. The third kappa shape index (κ3) is 1.89. The van der Waals surface area contributed by atoms with Crippen LogP contribution in [0.1, 0.15) is 24.4 Å². The van der Waals surface area contributed by atoms with Crippen molar-refractivity contribution in [1.82, 2.24) is 15.1 Å². The average Bonchev–Trinajstić information content (AvgIpc) is 2.51. The summed E-state index contributed by atoms with van der Waals surface area (Å²) in [6, 6.07) is 2.71. The number of nitrogens with zero attached hydrogens (tertiary/aromatic N) is 2. The minimum absolute atomic E-state index is 0.427. The summed E-state index contributed by atoms with van der Waals surface area (Å²) in [7, 11) is 2.00. The van der Waals surface area contributed by atoms with E-state index in [2.05, 4.69) is 23.4 Å². The fourth-order valence-electron chi connectivity index (χ4n) is 1.56. The van der Waals surface area contributed by atoms with Crippen LogP contribution in [0.15, 0.2) is 12.3 Å². The second kappa shape index (κ2) is 3.72. The topological polar surface area (TPSA) is 29.9 Å². The largest absolute Gasteiger partial charge is 0.298 e. The Morgan fingerprint density at radius 2 is 2.54 bits per heavy atom. The molecule has 0 bridgehead atoms. The minimum Gasteiger partial charge on any atom is -0.298 e. The molecule has 0 amide bonds. The molecular formula is C9H15N3S. The first-order valence-electron chi connectivity index (χ1n) is 4.63. The molecule has 2 rings (SSSR count). The summed E-state index contributed by atoms with van der Waals surface area (Å²) < 4.78 is 1.95. The molecule has 0 radical (unpaired) electrons. The molecule has 1 aromatic heterocycles. The number of hydrogen-bond donors (Lipinski definition) is 1. The van der Waals surface area contributed by atoms with E-state index in [1.807, 2.05) is 29.7 Å². The van der Waals surface area contributed by atoms with Gasteiger partial charge in [0.1, 0.15) is 0 Å². The van der Waals surface area contributed by atoms with Crippen LogP contribution in [-0.2, 0) is 7.05 Å². The van der Waals surface area contributed by atoms with Crippen LogP contribution in [0.25, 0.3) is 0 Å². The van der Waals surface area contributed by atoms with E-state index in [0.29, 0.717) is 11.4 Å². The molecule has 0 aliphatic carbocycles. The van der Waals surface area contributed by atoms with E-state index >= 15 is 0 Å². The van der Waals surface area contributed by atoms with Gasteiger partial charge in [-0.05, 0) is 25.2 Å². The molecule has 2 heterocycles. The fourth-order valence-corrected chi connectivity index (χ4v) is 3.02. The van der Waals surface area contributed by atoms with Crippen LogP contribution in [0.4, 0.5) is 0 Å². The highest BCUT2D eigenvalue weighted by Gasteiger charge is 2.21. The smallest absolute Gasteiger partial charge is 0.0960 e. The van der Waals surface area contributed by atoms with Gasteiger partial charge in [0.15, 0.2) is 0 Å². The van der Waals surface area contributed by atoms with Gasteiger partial charge < -0.3 is 0 Å². The Labute approximate surface area is 82.9 Å². The number of hydrogen-bond acceptors (Lipinski definition) is 3. The highest BCUT2D eigenvalue weighted by atomic mass is 32.2. The lowest BCUT2D eigenvalue weighted by atomic mass is 10.2. The summed E-state index contributed by atoms with van der Waals surface area (Å²) in [4.78, 5) is 0. The predicted molar refractivity (Wildman–Crippen MR) is 55.6 cm³/mol. The van der Waals surface area contributed by atoms with Gasteiger partial charge in [0, 0.05) is 19.3 Å². The Morgan fingerprint density at radius 1 is 1.69 bits per heavy atom. The van der Waals surface area contributed by atoms with Crippen LogP contribution in [0.5, 0.6) is 0 Å². The van der Waals surface area contributed by atoms with Crippen molar-refractivity contribution >= 4 is 11.8 Å². The molecular weight excluding hydrogens is 182 g/mol. The summed E-state index contributed by atoms with van der Waals surface area (Å²) >= 11 is 1.97. The highest BCUT2D eigenvalue weighted by molar-refractivity contribution is 7.99. The zero-order valence-electron chi connectivity index (χ0n) is 8.03. The molecule has 72 valence electrons. The molecule has 1 saturated heterocycles. The number of rotatable bonds is 1. The maximum Gasteiger partial charge on any atom is 0.0960 e. The van der Waals surface area contributed by atoms with Crippen molar-refractivity contribution in [3.05, 3.63) is 18.0 Å². The van der Waals surface area contributed by atoms with Crippen molar-refractivity contribution in [3.8, 4) is 0 Å². The van der Waals surface area contributed by atoms with Crippen molar-refractivity contribution in [2.45, 2.75) is 24.8 Å². The zero-order valence-corrected chi connectivity index (χ0v) is 8.84. The van der Waals surface area contributed by atoms with Gasteiger partial charge in [-0.15, -0.1) is 11.8 Å². The lowest BCUT2D eigenvalue weighted by molar-refractivity contribution is 0.494. The van der Waals surface area contributed by atoms with E-state index in [-0.39, 0.29) is 0 Å². The molecule has 1 N–H and O–H groups in total. The van der Waals surface area contributed by atoms with Gasteiger partial charge in [0.05, 0.1) is 11.1 Å². The van der Waals surface area contributed by atoms with Crippen LogP contribution in [-0.4, -0.2) is 21.6 Å². The Morgan fingerprint density at radius 3 is 3.15 bits per heavy atom. The van der Waals surface area contributed by atoms with Crippen molar-refractivity contribution in [3.63, 3.8) is 0 Å². The molecule has 0 aromatic carbocycles. The van der Waals surface area contributed by atoms with Crippen molar-refractivity contribution in [2.75, 3.05) is 5.75 Å². The first-order valence-corrected chi connectivity index (χ1v) is 5.68. The van der Waals surface area contributed by atoms with Crippen LogP contribution in [0.2, 0.25) is 0 Å². The lowest BCUT2D eigenvalue weighted by Crippen LogP contribution is -2.34. The molecule has 0 spiro atoms. The second-order valence-corrected chi connectivity index (χ2v) is 4.70. The third-order valence-corrected chi connectivity index (χ3v) is 3.58. The Kier molecular flexibility index (Phi) is 2.60. The Balaban J connectivity index is 2.12. The molecule has 1 aromatic rings. The summed E-state index contributed by atoms with van der Waals surface area (Å²) in [5.74, 6) is 1.24. The van der Waals surface area contributed by atoms with Crippen LogP contribution >= 0.6 is 11.8 Å². The quantitative estimate of drug-likeness (QED) is 0.740. The van der Waals surface area contributed by atoms with Gasteiger partial charge in [0.2, 0.25) is 0 Å². The average molecular weight is 197 g/mol. The summed E-state index contributed by atoms with van der Waals surface area (Å²) in [5, 5.41) is 8.17. The van der Waals surface area contributed by atoms with E-state index in [1.165, 1.54) is 17.9 Å². The van der Waals surface area contributed by atoms with Crippen LogP contribution in [0, 0.1) is 0 Å². The van der Waals surface area contributed by atoms with Gasteiger partial charge in [-0.3, -0.25) is 10.00 Å². The standard InChI is InChI=1S/C9H15N3S/c1-7-4-6-13-9(11-7)8-3-5-10-12(8)2/h3,5,7,9,11H,4,6H2,1-2H3. The van der Waals surface area contributed by atoms with Gasteiger partial charge in [-0.2, -0.15) is 5.10 Å². The monoisotopic (exact) mass is 197 g/mol. The van der Waals surface area contributed by atoms with Crippen molar-refractivity contribution < 1.29 is 0 Å². The fraction of sp³-hybridized carbons (Fsp3) is 0.667. The van der Waals surface area contributed by atoms with Gasteiger partial charge >= 0.3 is 0 Å². The molecule has 2 atom stereocenters. The Hall–Kier alpha value is -0.480. The molecule has 1 aliphatic rings. The normalized spacial score (nSPS) is 29.1. The van der Waals surface area contributed by atoms with Crippen LogP contribution < -0.4 is 5.32 Å². The van der Waals surface area contributed by atoms with E-state index in [9.17, 15) is 0 Å². The first-order chi connectivity index (χ1) is 6.27. The van der Waals surface area contributed by atoms with Gasteiger partial charge in [0.25, 0.3) is 0 Å². The summed E-state index contributed by atoms with van der Waals surface area (Å²) in [6.45, 7) is 2.24. The molecule has 1 aliphatic heterocycles. The lowest BCUT2D eigenvalue weighted by Gasteiger charge is -2.28. The number of aryl methyl sites for hydroxylation is 1. The second-order valence-electron chi connectivity index (χ2n) is 3.49. The van der Waals surface area contributed by atoms with Crippen LogP contribution in [0.3, 0.4) is 0 Å². The maximum absolute atomic E-state index is 4.18. The summed E-state index contributed by atoms with van der Waals surface area (Å²) in [5.41, 5.74) is 1.27. The predicted octanol–water partition coefficient (Wildman–Crippen LogP) is 1.53. The van der Waals surface area contributed by atoms with E-state index in [4.69, 9.17) is 0 Å².